The summed E-state index contributed by atoms with van der Waals surface area (Å²) in [6.45, 7) is 2.17. The van der Waals surface area contributed by atoms with E-state index in [0.717, 1.165) is 46.3 Å². The van der Waals surface area contributed by atoms with E-state index in [1.807, 2.05) is 79.7 Å². The fraction of sp³-hybridized carbons (Fsp3) is 0.167. The third kappa shape index (κ3) is 9.22. The molecule has 0 aliphatic rings. The first-order valence-electron chi connectivity index (χ1n) is 11.9. The standard InChI is InChI=1S/C23H23NO2.C7H8O3S/c24-22-16-18(14-15-21(22)20-11-5-2-6-12-20)10-7-13-23(25)26-17-19-8-3-1-4-9-19;1-6-2-4-7(5-3-6)11(8,9)10/h1-6,8-9,11-12,14-16H,7,10,13,17,24H2;2-5H,1H3,(H,8,9,10). The fourth-order valence-corrected chi connectivity index (χ4v) is 4.09. The number of aryl methyl sites for hydroxylation is 2. The Labute approximate surface area is 218 Å². The van der Waals surface area contributed by atoms with E-state index in [-0.39, 0.29) is 10.9 Å². The third-order valence-corrected chi connectivity index (χ3v) is 6.48. The second-order valence-electron chi connectivity index (χ2n) is 8.58. The van der Waals surface area contributed by atoms with Crippen LogP contribution >= 0.6 is 0 Å². The molecule has 0 unspecified atom stereocenters. The molecule has 0 spiro atoms. The van der Waals surface area contributed by atoms with Gasteiger partial charge >= 0.3 is 5.97 Å². The molecule has 0 atom stereocenters. The molecule has 0 fully saturated rings. The molecule has 0 saturated carbocycles. The molecule has 4 aromatic carbocycles. The number of nitrogens with two attached hydrogens (primary N) is 1. The topological polar surface area (TPSA) is 107 Å². The average molecular weight is 518 g/mol. The number of anilines is 1. The minimum Gasteiger partial charge on any atom is -0.461 e. The molecule has 37 heavy (non-hydrogen) atoms. The molecular formula is C30H31NO5S. The number of esters is 1. The van der Waals surface area contributed by atoms with Crippen LogP contribution in [0.5, 0.6) is 0 Å². The van der Waals surface area contributed by atoms with Crippen molar-refractivity contribution in [2.75, 3.05) is 5.73 Å². The van der Waals surface area contributed by atoms with E-state index in [0.29, 0.717) is 13.0 Å². The lowest BCUT2D eigenvalue weighted by Gasteiger charge is -2.09. The van der Waals surface area contributed by atoms with Crippen LogP contribution in [0.25, 0.3) is 11.1 Å². The summed E-state index contributed by atoms with van der Waals surface area (Å²) in [5.74, 6) is -0.164. The summed E-state index contributed by atoms with van der Waals surface area (Å²) >= 11 is 0. The lowest BCUT2D eigenvalue weighted by molar-refractivity contribution is -0.145. The summed E-state index contributed by atoms with van der Waals surface area (Å²) in [5, 5.41) is 0. The highest BCUT2D eigenvalue weighted by Crippen LogP contribution is 2.27. The van der Waals surface area contributed by atoms with E-state index in [2.05, 4.69) is 6.07 Å². The number of ether oxygens (including phenoxy) is 1. The average Bonchev–Trinajstić information content (AvgIpc) is 2.89. The Morgan fingerprint density at radius 3 is 2.05 bits per heavy atom. The number of benzene rings is 4. The maximum Gasteiger partial charge on any atom is 0.306 e. The molecule has 0 amide bonds. The van der Waals surface area contributed by atoms with Gasteiger partial charge in [-0.1, -0.05) is 90.5 Å². The largest absolute Gasteiger partial charge is 0.461 e. The van der Waals surface area contributed by atoms with Crippen LogP contribution in [0.1, 0.15) is 29.5 Å². The van der Waals surface area contributed by atoms with Crippen LogP contribution in [0.3, 0.4) is 0 Å². The zero-order chi connectivity index (χ0) is 26.7. The molecule has 0 bridgehead atoms. The van der Waals surface area contributed by atoms with E-state index in [9.17, 15) is 13.2 Å². The maximum atomic E-state index is 11.9. The molecule has 0 aliphatic heterocycles. The van der Waals surface area contributed by atoms with E-state index in [1.54, 1.807) is 12.1 Å². The van der Waals surface area contributed by atoms with Gasteiger partial charge in [0.2, 0.25) is 0 Å². The van der Waals surface area contributed by atoms with Gasteiger partial charge in [0.05, 0.1) is 4.90 Å². The quantitative estimate of drug-likeness (QED) is 0.163. The Morgan fingerprint density at radius 1 is 0.838 bits per heavy atom. The van der Waals surface area contributed by atoms with Crippen molar-refractivity contribution in [2.45, 2.75) is 37.7 Å². The summed E-state index contributed by atoms with van der Waals surface area (Å²) in [6.07, 6.45) is 1.96. The van der Waals surface area contributed by atoms with Gasteiger partial charge in [0, 0.05) is 17.7 Å². The summed E-state index contributed by atoms with van der Waals surface area (Å²) in [4.78, 5) is 11.8. The van der Waals surface area contributed by atoms with Gasteiger partial charge in [0.1, 0.15) is 6.61 Å². The maximum absolute atomic E-state index is 11.9. The van der Waals surface area contributed by atoms with Crippen LogP contribution < -0.4 is 5.73 Å². The smallest absolute Gasteiger partial charge is 0.306 e. The number of carbonyl (C=O) groups is 1. The number of nitrogen functional groups attached to an aromatic ring is 1. The van der Waals surface area contributed by atoms with Gasteiger partial charge in [-0.3, -0.25) is 9.35 Å². The Morgan fingerprint density at radius 2 is 1.46 bits per heavy atom. The van der Waals surface area contributed by atoms with Gasteiger partial charge in [-0.15, -0.1) is 0 Å². The van der Waals surface area contributed by atoms with E-state index in [1.165, 1.54) is 12.1 Å². The Kier molecular flexibility index (Phi) is 10.0. The number of carbonyl (C=O) groups excluding carboxylic acids is 1. The highest BCUT2D eigenvalue weighted by atomic mass is 32.2. The van der Waals surface area contributed by atoms with Crippen LogP contribution in [0.2, 0.25) is 0 Å². The molecule has 6 nitrogen and oxygen atoms in total. The second kappa shape index (κ2) is 13.4. The van der Waals surface area contributed by atoms with Crippen molar-refractivity contribution in [3.05, 3.63) is 120 Å². The Hall–Kier alpha value is -3.94. The molecule has 0 aromatic heterocycles. The van der Waals surface area contributed by atoms with Crippen LogP contribution in [0.15, 0.2) is 108 Å². The number of rotatable bonds is 8. The van der Waals surface area contributed by atoms with Gasteiger partial charge in [-0.05, 0) is 54.7 Å². The second-order valence-corrected chi connectivity index (χ2v) is 10.00. The van der Waals surface area contributed by atoms with Crippen LogP contribution in [0.4, 0.5) is 5.69 Å². The monoisotopic (exact) mass is 517 g/mol. The predicted octanol–water partition coefficient (Wildman–Crippen LogP) is 6.24. The molecule has 0 saturated heterocycles. The van der Waals surface area contributed by atoms with Crippen molar-refractivity contribution in [1.29, 1.82) is 0 Å². The zero-order valence-corrected chi connectivity index (χ0v) is 21.5. The summed E-state index contributed by atoms with van der Waals surface area (Å²) in [7, 11) is -4.02. The summed E-state index contributed by atoms with van der Waals surface area (Å²) < 4.78 is 34.9. The van der Waals surface area contributed by atoms with Crippen molar-refractivity contribution in [2.24, 2.45) is 0 Å². The Bertz CT molecular complexity index is 1390. The van der Waals surface area contributed by atoms with Crippen molar-refractivity contribution in [3.63, 3.8) is 0 Å². The van der Waals surface area contributed by atoms with Crippen LogP contribution in [-0.4, -0.2) is 18.9 Å². The molecular weight excluding hydrogens is 486 g/mol. The third-order valence-electron chi connectivity index (χ3n) is 5.61. The number of hydrogen-bond donors (Lipinski definition) is 2. The SMILES string of the molecule is Cc1ccc(S(=O)(=O)O)cc1.Nc1cc(CCCC(=O)OCc2ccccc2)ccc1-c1ccccc1. The lowest BCUT2D eigenvalue weighted by Crippen LogP contribution is -2.05. The van der Waals surface area contributed by atoms with Gasteiger partial charge in [0.15, 0.2) is 0 Å². The molecule has 192 valence electrons. The fourth-order valence-electron chi connectivity index (χ4n) is 3.61. The van der Waals surface area contributed by atoms with Crippen LogP contribution in [-0.2, 0) is 32.7 Å². The summed E-state index contributed by atoms with van der Waals surface area (Å²) in [6, 6.07) is 31.9. The van der Waals surface area contributed by atoms with E-state index < -0.39 is 10.1 Å². The predicted molar refractivity (Wildman–Crippen MR) is 146 cm³/mol. The molecule has 0 aliphatic carbocycles. The molecule has 7 heteroatoms. The van der Waals surface area contributed by atoms with Gasteiger partial charge < -0.3 is 10.5 Å². The van der Waals surface area contributed by atoms with Crippen molar-refractivity contribution >= 4 is 21.8 Å². The molecule has 3 N–H and O–H groups in total. The highest BCUT2D eigenvalue weighted by molar-refractivity contribution is 7.85. The van der Waals surface area contributed by atoms with E-state index in [4.69, 9.17) is 15.0 Å². The summed E-state index contributed by atoms with van der Waals surface area (Å²) in [5.41, 5.74) is 12.2. The van der Waals surface area contributed by atoms with Crippen molar-refractivity contribution in [3.8, 4) is 11.1 Å². The molecule has 4 rings (SSSR count). The minimum atomic E-state index is -4.02. The van der Waals surface area contributed by atoms with Crippen molar-refractivity contribution < 1.29 is 22.5 Å². The van der Waals surface area contributed by atoms with E-state index >= 15 is 0 Å². The zero-order valence-electron chi connectivity index (χ0n) is 20.7. The molecule has 0 heterocycles. The van der Waals surface area contributed by atoms with Crippen LogP contribution in [0, 0.1) is 6.92 Å². The first-order valence-corrected chi connectivity index (χ1v) is 13.3. The van der Waals surface area contributed by atoms with Gasteiger partial charge in [0.25, 0.3) is 10.1 Å². The van der Waals surface area contributed by atoms with Crippen molar-refractivity contribution in [1.82, 2.24) is 0 Å². The number of hydrogen-bond acceptors (Lipinski definition) is 5. The molecule has 4 aromatic rings. The van der Waals surface area contributed by atoms with Gasteiger partial charge in [-0.2, -0.15) is 8.42 Å². The first kappa shape index (κ1) is 27.6. The molecule has 0 radical (unpaired) electrons. The normalized spacial score (nSPS) is 10.8. The van der Waals surface area contributed by atoms with Gasteiger partial charge in [-0.25, -0.2) is 0 Å². The first-order chi connectivity index (χ1) is 17.7. The lowest BCUT2D eigenvalue weighted by atomic mass is 9.99. The highest BCUT2D eigenvalue weighted by Gasteiger charge is 2.08. The Balaban J connectivity index is 0.000000289. The minimum absolute atomic E-state index is 0.0666.